The number of aromatic nitrogens is 3. The Balaban J connectivity index is 0.00000144. The summed E-state index contributed by atoms with van der Waals surface area (Å²) in [5, 5.41) is 2.73. The quantitative estimate of drug-likeness (QED) is 0.476. The van der Waals surface area contributed by atoms with Gasteiger partial charge in [-0.05, 0) is 0 Å². The van der Waals surface area contributed by atoms with E-state index in [-0.39, 0.29) is 17.4 Å². The Bertz CT molecular complexity index is 247. The molecule has 1 heterocycles. The fourth-order valence-electron chi connectivity index (χ4n) is 0.625. The monoisotopic (exact) mass is 188 g/mol. The van der Waals surface area contributed by atoms with Crippen molar-refractivity contribution in [3.05, 3.63) is 0 Å². The van der Waals surface area contributed by atoms with E-state index in [0.717, 1.165) is 0 Å². The Kier molecular flexibility index (Phi) is 4.41. The van der Waals surface area contributed by atoms with Crippen molar-refractivity contribution in [1.29, 1.82) is 0 Å². The molecular weight excluding hydrogens is 176 g/mol. The number of hydrogen-bond donors (Lipinski definition) is 3. The van der Waals surface area contributed by atoms with Gasteiger partial charge in [0, 0.05) is 7.11 Å². The lowest BCUT2D eigenvalue weighted by Gasteiger charge is -2.03. The van der Waals surface area contributed by atoms with E-state index >= 15 is 0 Å². The molecule has 0 atom stereocenters. The molecule has 0 aliphatic carbocycles. The van der Waals surface area contributed by atoms with Gasteiger partial charge in [-0.25, -0.2) is 0 Å². The molecule has 1 rings (SSSR count). The normalized spacial score (nSPS) is 9.00. The molecule has 0 aromatic carbocycles. The predicted octanol–water partition coefficient (Wildman–Crippen LogP) is -1.77. The first-order valence-electron chi connectivity index (χ1n) is 3.22. The van der Waals surface area contributed by atoms with Crippen molar-refractivity contribution < 1.29 is 10.2 Å². The van der Waals surface area contributed by atoms with E-state index in [4.69, 9.17) is 16.2 Å². The lowest BCUT2D eigenvalue weighted by Crippen LogP contribution is -2.10. The average Bonchev–Trinajstić information content (AvgIpc) is 1.99. The maximum absolute atomic E-state index is 5.31. The fraction of sp³-hybridized carbons (Fsp3) is 0.400. The molecule has 8 heteroatoms. The smallest absolute Gasteiger partial charge is 0.231 e. The molecule has 0 saturated heterocycles. The van der Waals surface area contributed by atoms with Crippen LogP contribution in [0.4, 0.5) is 17.8 Å². The highest BCUT2D eigenvalue weighted by molar-refractivity contribution is 5.36. The van der Waals surface area contributed by atoms with Gasteiger partial charge < -0.3 is 27.0 Å². The summed E-state index contributed by atoms with van der Waals surface area (Å²) in [4.78, 5) is 11.1. The van der Waals surface area contributed by atoms with Crippen LogP contribution in [0.25, 0.3) is 0 Å². The van der Waals surface area contributed by atoms with E-state index in [1.54, 1.807) is 7.11 Å². The molecule has 74 valence electrons. The van der Waals surface area contributed by atoms with Gasteiger partial charge in [-0.1, -0.05) is 0 Å². The number of nitrogens with two attached hydrogens (primary N) is 2. The van der Waals surface area contributed by atoms with Crippen LogP contribution in [0, 0.1) is 0 Å². The fourth-order valence-corrected chi connectivity index (χ4v) is 0.625. The van der Waals surface area contributed by atoms with E-state index < -0.39 is 0 Å². The summed E-state index contributed by atoms with van der Waals surface area (Å²) in [6.07, 6.45) is 0. The Hall–Kier alpha value is -1.67. The van der Waals surface area contributed by atoms with Gasteiger partial charge in [-0.2, -0.15) is 15.0 Å². The largest absolute Gasteiger partial charge is 0.412 e. The number of anilines is 3. The van der Waals surface area contributed by atoms with Crippen LogP contribution in [0.2, 0.25) is 0 Å². The minimum atomic E-state index is 0. The van der Waals surface area contributed by atoms with Crippen LogP contribution in [-0.4, -0.2) is 34.3 Å². The van der Waals surface area contributed by atoms with Gasteiger partial charge in [0.25, 0.3) is 0 Å². The molecule has 0 radical (unpaired) electrons. The third kappa shape index (κ3) is 3.49. The zero-order valence-corrected chi connectivity index (χ0v) is 7.11. The van der Waals surface area contributed by atoms with Crippen molar-refractivity contribution in [3.8, 4) is 0 Å². The lowest BCUT2D eigenvalue weighted by atomic mass is 10.8. The van der Waals surface area contributed by atoms with E-state index in [1.807, 2.05) is 0 Å². The molecule has 0 saturated carbocycles. The number of nitrogens with zero attached hydrogens (tertiary/aromatic N) is 3. The van der Waals surface area contributed by atoms with Gasteiger partial charge in [0.05, 0.1) is 0 Å². The average molecular weight is 188 g/mol. The Morgan fingerprint density at radius 3 is 2.23 bits per heavy atom. The number of nitrogens with one attached hydrogen (secondary N) is 1. The van der Waals surface area contributed by atoms with Crippen LogP contribution in [0.1, 0.15) is 0 Å². The molecule has 0 fully saturated rings. The summed E-state index contributed by atoms with van der Waals surface area (Å²) in [6, 6.07) is 0. The topological polar surface area (TPSA) is 143 Å². The second-order valence-corrected chi connectivity index (χ2v) is 1.99. The van der Waals surface area contributed by atoms with Crippen molar-refractivity contribution in [3.63, 3.8) is 0 Å². The summed E-state index contributed by atoms with van der Waals surface area (Å²) in [5.41, 5.74) is 10.6. The number of hydrogen-bond acceptors (Lipinski definition) is 7. The minimum absolute atomic E-state index is 0. The van der Waals surface area contributed by atoms with Gasteiger partial charge in [0.1, 0.15) is 6.73 Å². The van der Waals surface area contributed by atoms with Crippen molar-refractivity contribution in [2.24, 2.45) is 0 Å². The molecule has 1 aromatic heterocycles. The first-order valence-corrected chi connectivity index (χ1v) is 3.22. The summed E-state index contributed by atoms with van der Waals surface area (Å²) < 4.78 is 4.73. The van der Waals surface area contributed by atoms with Crippen LogP contribution in [-0.2, 0) is 4.74 Å². The molecule has 0 spiro atoms. The molecule has 8 nitrogen and oxygen atoms in total. The van der Waals surface area contributed by atoms with Crippen LogP contribution < -0.4 is 16.8 Å². The summed E-state index contributed by atoms with van der Waals surface area (Å²) in [6.45, 7) is 0.295. The Morgan fingerprint density at radius 2 is 1.77 bits per heavy atom. The standard InChI is InChI=1S/C5H10N6O.H2O/c1-12-2-8-5-10-3(6)9-4(7)11-5;/h2H2,1H3,(H5,6,7,8,9,10,11);1H2. The van der Waals surface area contributed by atoms with Crippen molar-refractivity contribution in [2.45, 2.75) is 0 Å². The highest BCUT2D eigenvalue weighted by atomic mass is 16.5. The maximum Gasteiger partial charge on any atom is 0.231 e. The van der Waals surface area contributed by atoms with Gasteiger partial charge in [-0.15, -0.1) is 0 Å². The van der Waals surface area contributed by atoms with Crippen molar-refractivity contribution in [2.75, 3.05) is 30.6 Å². The number of nitrogen functional groups attached to an aromatic ring is 2. The van der Waals surface area contributed by atoms with Gasteiger partial charge in [0.2, 0.25) is 17.8 Å². The molecule has 0 unspecified atom stereocenters. The van der Waals surface area contributed by atoms with Crippen LogP contribution in [0.15, 0.2) is 0 Å². The molecule has 0 bridgehead atoms. The second kappa shape index (κ2) is 5.06. The van der Waals surface area contributed by atoms with Crippen LogP contribution >= 0.6 is 0 Å². The van der Waals surface area contributed by atoms with Crippen LogP contribution in [0.3, 0.4) is 0 Å². The highest BCUT2D eigenvalue weighted by Crippen LogP contribution is 2.02. The summed E-state index contributed by atoms with van der Waals surface area (Å²) >= 11 is 0. The lowest BCUT2D eigenvalue weighted by molar-refractivity contribution is 0.220. The van der Waals surface area contributed by atoms with E-state index in [9.17, 15) is 0 Å². The molecule has 0 amide bonds. The second-order valence-electron chi connectivity index (χ2n) is 1.99. The molecular formula is C5H12N6O2. The highest BCUT2D eigenvalue weighted by Gasteiger charge is 1.98. The maximum atomic E-state index is 5.31. The molecule has 7 N–H and O–H groups in total. The van der Waals surface area contributed by atoms with E-state index in [0.29, 0.717) is 12.7 Å². The van der Waals surface area contributed by atoms with Gasteiger partial charge >= 0.3 is 0 Å². The number of ether oxygens (including phenoxy) is 1. The Labute approximate surface area is 74.6 Å². The van der Waals surface area contributed by atoms with Crippen LogP contribution in [0.5, 0.6) is 0 Å². The first-order chi connectivity index (χ1) is 5.72. The molecule has 13 heavy (non-hydrogen) atoms. The van der Waals surface area contributed by atoms with Crippen molar-refractivity contribution in [1.82, 2.24) is 15.0 Å². The summed E-state index contributed by atoms with van der Waals surface area (Å²) in [7, 11) is 1.54. The van der Waals surface area contributed by atoms with Gasteiger partial charge in [-0.3, -0.25) is 0 Å². The summed E-state index contributed by atoms with van der Waals surface area (Å²) in [5.74, 6) is 0.476. The first kappa shape index (κ1) is 11.3. The SMILES string of the molecule is COCNc1nc(N)nc(N)n1.O. The third-order valence-corrected chi connectivity index (χ3v) is 1.04. The number of rotatable bonds is 3. The van der Waals surface area contributed by atoms with Crippen molar-refractivity contribution >= 4 is 17.8 Å². The van der Waals surface area contributed by atoms with E-state index in [1.165, 1.54) is 0 Å². The van der Waals surface area contributed by atoms with Gasteiger partial charge in [0.15, 0.2) is 0 Å². The molecule has 0 aliphatic heterocycles. The third-order valence-electron chi connectivity index (χ3n) is 1.04. The zero-order chi connectivity index (χ0) is 8.97. The number of methoxy groups -OCH3 is 1. The zero-order valence-electron chi connectivity index (χ0n) is 7.11. The predicted molar refractivity (Wildman–Crippen MR) is 47.8 cm³/mol. The Morgan fingerprint density at radius 1 is 1.23 bits per heavy atom. The molecule has 1 aromatic rings. The van der Waals surface area contributed by atoms with E-state index in [2.05, 4.69) is 20.3 Å². The molecule has 0 aliphatic rings. The minimum Gasteiger partial charge on any atom is -0.412 e.